The Morgan fingerprint density at radius 2 is 1.84 bits per heavy atom. The van der Waals surface area contributed by atoms with E-state index in [0.29, 0.717) is 7.92 Å². The fraction of sp³-hybridized carbons (Fsp3) is 1.00. The van der Waals surface area contributed by atoms with Crippen LogP contribution >= 0.6 is 7.92 Å². The Balaban J connectivity index is 1.88. The first-order valence-corrected chi connectivity index (χ1v) is 10.1. The summed E-state index contributed by atoms with van der Waals surface area (Å²) >= 11 is 0. The van der Waals surface area contributed by atoms with Crippen molar-refractivity contribution in [2.24, 2.45) is 5.92 Å². The second kappa shape index (κ2) is 7.96. The number of ether oxygens (including phenoxy) is 1. The second-order valence-corrected chi connectivity index (χ2v) is 9.36. The summed E-state index contributed by atoms with van der Waals surface area (Å²) in [5, 5.41) is 0. The largest absolute Gasteiger partial charge is 0.379 e. The summed E-state index contributed by atoms with van der Waals surface area (Å²) in [5.74, 6) is 0.944. The standard InChI is InChI=1S/C16H32NOP/c1-4-19(5-2)16-8-6-7-15(13-16)14(3)17-9-11-18-12-10-17/h14-16H,4-13H2,1-3H3. The van der Waals surface area contributed by atoms with Gasteiger partial charge in [-0.25, -0.2) is 0 Å². The van der Waals surface area contributed by atoms with Gasteiger partial charge < -0.3 is 4.74 Å². The number of hydrogen-bond acceptors (Lipinski definition) is 2. The molecule has 0 aromatic heterocycles. The molecule has 3 unspecified atom stereocenters. The maximum absolute atomic E-state index is 5.49. The van der Waals surface area contributed by atoms with E-state index >= 15 is 0 Å². The van der Waals surface area contributed by atoms with Gasteiger partial charge in [0.25, 0.3) is 0 Å². The molecule has 2 aliphatic rings. The Kier molecular flexibility index (Phi) is 6.59. The Hall–Kier alpha value is 0.350. The zero-order valence-corrected chi connectivity index (χ0v) is 14.0. The Morgan fingerprint density at radius 1 is 1.16 bits per heavy atom. The molecule has 1 aliphatic heterocycles. The van der Waals surface area contributed by atoms with Crippen LogP contribution in [0.15, 0.2) is 0 Å². The van der Waals surface area contributed by atoms with E-state index in [0.717, 1.165) is 43.9 Å². The normalized spacial score (nSPS) is 31.6. The molecule has 1 saturated carbocycles. The highest BCUT2D eigenvalue weighted by molar-refractivity contribution is 7.58. The highest BCUT2D eigenvalue weighted by atomic mass is 31.1. The lowest BCUT2D eigenvalue weighted by Crippen LogP contribution is -2.46. The predicted molar refractivity (Wildman–Crippen MR) is 85.6 cm³/mol. The number of hydrogen-bond donors (Lipinski definition) is 0. The van der Waals surface area contributed by atoms with Gasteiger partial charge in [0.05, 0.1) is 13.2 Å². The second-order valence-electron chi connectivity index (χ2n) is 6.19. The molecule has 1 heterocycles. The third-order valence-electron chi connectivity index (χ3n) is 5.32. The van der Waals surface area contributed by atoms with Crippen molar-refractivity contribution in [2.75, 3.05) is 38.6 Å². The van der Waals surface area contributed by atoms with E-state index in [1.807, 2.05) is 0 Å². The van der Waals surface area contributed by atoms with E-state index in [4.69, 9.17) is 4.74 Å². The van der Waals surface area contributed by atoms with E-state index in [1.54, 1.807) is 0 Å². The highest BCUT2D eigenvalue weighted by Gasteiger charge is 2.32. The average Bonchev–Trinajstić information content (AvgIpc) is 2.49. The van der Waals surface area contributed by atoms with Crippen molar-refractivity contribution in [3.05, 3.63) is 0 Å². The fourth-order valence-electron chi connectivity index (χ4n) is 3.99. The molecular formula is C16H32NOP. The third kappa shape index (κ3) is 4.16. The Morgan fingerprint density at radius 3 is 2.47 bits per heavy atom. The van der Waals surface area contributed by atoms with E-state index in [9.17, 15) is 0 Å². The van der Waals surface area contributed by atoms with Crippen LogP contribution < -0.4 is 0 Å². The van der Waals surface area contributed by atoms with Gasteiger partial charge in [-0.05, 0) is 50.1 Å². The Labute approximate surface area is 121 Å². The lowest BCUT2D eigenvalue weighted by atomic mass is 9.83. The molecule has 0 spiro atoms. The summed E-state index contributed by atoms with van der Waals surface area (Å²) in [6.07, 6.45) is 8.84. The topological polar surface area (TPSA) is 12.5 Å². The Bertz CT molecular complexity index is 251. The van der Waals surface area contributed by atoms with Crippen LogP contribution in [0.4, 0.5) is 0 Å². The molecule has 3 heteroatoms. The van der Waals surface area contributed by atoms with Crippen molar-refractivity contribution < 1.29 is 4.74 Å². The zero-order valence-electron chi connectivity index (χ0n) is 13.1. The lowest BCUT2D eigenvalue weighted by Gasteiger charge is -2.42. The van der Waals surface area contributed by atoms with Crippen LogP contribution in [0.5, 0.6) is 0 Å². The minimum Gasteiger partial charge on any atom is -0.379 e. The first-order chi connectivity index (χ1) is 9.26. The molecule has 0 N–H and O–H groups in total. The molecule has 1 aliphatic carbocycles. The van der Waals surface area contributed by atoms with Gasteiger partial charge in [-0.3, -0.25) is 4.90 Å². The summed E-state index contributed by atoms with van der Waals surface area (Å²) in [5.41, 5.74) is 1.06. The van der Waals surface area contributed by atoms with Crippen LogP contribution in [0.2, 0.25) is 0 Å². The van der Waals surface area contributed by atoms with E-state index in [-0.39, 0.29) is 0 Å². The van der Waals surface area contributed by atoms with Crippen molar-refractivity contribution in [3.8, 4) is 0 Å². The van der Waals surface area contributed by atoms with Crippen LogP contribution in [-0.2, 0) is 4.74 Å². The molecule has 2 nitrogen and oxygen atoms in total. The van der Waals surface area contributed by atoms with Crippen molar-refractivity contribution in [2.45, 2.75) is 58.2 Å². The van der Waals surface area contributed by atoms with Gasteiger partial charge in [-0.15, -0.1) is 7.92 Å². The van der Waals surface area contributed by atoms with Crippen LogP contribution in [-0.4, -0.2) is 55.2 Å². The van der Waals surface area contributed by atoms with E-state index in [2.05, 4.69) is 25.7 Å². The molecule has 3 atom stereocenters. The summed E-state index contributed by atoms with van der Waals surface area (Å²) in [4.78, 5) is 2.68. The zero-order chi connectivity index (χ0) is 13.7. The maximum atomic E-state index is 5.49. The van der Waals surface area contributed by atoms with E-state index < -0.39 is 0 Å². The molecule has 19 heavy (non-hydrogen) atoms. The van der Waals surface area contributed by atoms with Crippen LogP contribution in [0, 0.1) is 5.92 Å². The lowest BCUT2D eigenvalue weighted by molar-refractivity contribution is 0.00312. The SMILES string of the molecule is CCP(CC)C1CCCC(C(C)N2CCOCC2)C1. The molecule has 0 aromatic rings. The number of rotatable bonds is 5. The minimum absolute atomic E-state index is 0.314. The molecule has 0 aromatic carbocycles. The molecule has 2 rings (SSSR count). The van der Waals surface area contributed by atoms with Crippen LogP contribution in [0.3, 0.4) is 0 Å². The number of nitrogens with zero attached hydrogens (tertiary/aromatic N) is 1. The minimum atomic E-state index is 0.314. The first kappa shape index (κ1) is 15.7. The summed E-state index contributed by atoms with van der Waals surface area (Å²) in [7, 11) is 0.314. The van der Waals surface area contributed by atoms with Gasteiger partial charge in [-0.1, -0.05) is 20.3 Å². The van der Waals surface area contributed by atoms with Crippen molar-refractivity contribution >= 4 is 7.92 Å². The van der Waals surface area contributed by atoms with Crippen molar-refractivity contribution in [1.82, 2.24) is 4.90 Å². The number of morpholine rings is 1. The quantitative estimate of drug-likeness (QED) is 0.713. The molecule has 2 fully saturated rings. The summed E-state index contributed by atoms with van der Waals surface area (Å²) < 4.78 is 5.49. The fourth-order valence-corrected chi connectivity index (χ4v) is 6.59. The van der Waals surface area contributed by atoms with Gasteiger partial charge in [0.15, 0.2) is 0 Å². The van der Waals surface area contributed by atoms with Gasteiger partial charge in [0.2, 0.25) is 0 Å². The van der Waals surface area contributed by atoms with Crippen molar-refractivity contribution in [1.29, 1.82) is 0 Å². The molecule has 1 saturated heterocycles. The molecule has 112 valence electrons. The molecule has 0 amide bonds. The van der Waals surface area contributed by atoms with Gasteiger partial charge >= 0.3 is 0 Å². The molecule has 0 radical (unpaired) electrons. The smallest absolute Gasteiger partial charge is 0.0594 e. The molecule has 0 bridgehead atoms. The predicted octanol–water partition coefficient (Wildman–Crippen LogP) is 3.79. The molecular weight excluding hydrogens is 253 g/mol. The highest BCUT2D eigenvalue weighted by Crippen LogP contribution is 2.49. The average molecular weight is 285 g/mol. The van der Waals surface area contributed by atoms with Crippen LogP contribution in [0.1, 0.15) is 46.5 Å². The van der Waals surface area contributed by atoms with E-state index in [1.165, 1.54) is 38.0 Å². The van der Waals surface area contributed by atoms with Gasteiger partial charge in [0, 0.05) is 19.1 Å². The van der Waals surface area contributed by atoms with Crippen molar-refractivity contribution in [3.63, 3.8) is 0 Å². The maximum Gasteiger partial charge on any atom is 0.0594 e. The summed E-state index contributed by atoms with van der Waals surface area (Å²) in [6.45, 7) is 11.5. The van der Waals surface area contributed by atoms with Crippen LogP contribution in [0.25, 0.3) is 0 Å². The van der Waals surface area contributed by atoms with Gasteiger partial charge in [-0.2, -0.15) is 0 Å². The van der Waals surface area contributed by atoms with Gasteiger partial charge in [0.1, 0.15) is 0 Å². The third-order valence-corrected chi connectivity index (χ3v) is 8.45. The summed E-state index contributed by atoms with van der Waals surface area (Å²) in [6, 6.07) is 0.775. The first-order valence-electron chi connectivity index (χ1n) is 8.32. The monoisotopic (exact) mass is 285 g/mol.